The fraction of sp³-hybridized carbons (Fsp3) is 0.158. The zero-order chi connectivity index (χ0) is 19.4. The van der Waals surface area contributed by atoms with E-state index in [4.69, 9.17) is 27.9 Å². The summed E-state index contributed by atoms with van der Waals surface area (Å²) in [4.78, 5) is 17.0. The number of rotatable bonds is 6. The summed E-state index contributed by atoms with van der Waals surface area (Å²) in [6.07, 6.45) is 3.52. The lowest BCUT2D eigenvalue weighted by Gasteiger charge is -2.15. The van der Waals surface area contributed by atoms with Crippen molar-refractivity contribution in [2.75, 3.05) is 12.4 Å². The van der Waals surface area contributed by atoms with Gasteiger partial charge in [-0.05, 0) is 43.3 Å². The number of amides is 1. The van der Waals surface area contributed by atoms with Gasteiger partial charge in [0, 0.05) is 28.1 Å². The lowest BCUT2D eigenvalue weighted by molar-refractivity contribution is -0.115. The molecule has 0 aliphatic heterocycles. The highest BCUT2D eigenvalue weighted by molar-refractivity contribution is 8.00. The van der Waals surface area contributed by atoms with Gasteiger partial charge in [-0.1, -0.05) is 41.0 Å². The molecule has 3 aromatic rings. The smallest absolute Gasteiger partial charge is 0.237 e. The van der Waals surface area contributed by atoms with Gasteiger partial charge in [-0.2, -0.15) is 0 Å². The molecule has 0 aliphatic carbocycles. The molecule has 2 aromatic carbocycles. The van der Waals surface area contributed by atoms with E-state index in [1.165, 1.54) is 11.8 Å². The standard InChI is InChI=1S/C19H17Cl2N3O2S/c1-12(18(25)23-16-11-14(21)6-7-17(16)26-2)27-19-22-8-9-24(19)15-5-3-4-13(20)10-15/h3-12H,1-2H3,(H,23,25). The fourth-order valence-electron chi connectivity index (χ4n) is 2.42. The van der Waals surface area contributed by atoms with Crippen LogP contribution in [0.5, 0.6) is 5.75 Å². The van der Waals surface area contributed by atoms with Crippen molar-refractivity contribution in [1.82, 2.24) is 9.55 Å². The minimum absolute atomic E-state index is 0.179. The van der Waals surface area contributed by atoms with Gasteiger partial charge in [-0.3, -0.25) is 9.36 Å². The largest absolute Gasteiger partial charge is 0.495 e. The molecule has 0 saturated heterocycles. The van der Waals surface area contributed by atoms with Gasteiger partial charge >= 0.3 is 0 Å². The molecule has 27 heavy (non-hydrogen) atoms. The predicted octanol–water partition coefficient (Wildman–Crippen LogP) is 5.31. The van der Waals surface area contributed by atoms with Gasteiger partial charge in [-0.25, -0.2) is 4.98 Å². The Labute approximate surface area is 171 Å². The normalized spacial score (nSPS) is 11.9. The van der Waals surface area contributed by atoms with Crippen LogP contribution in [0.25, 0.3) is 5.69 Å². The Morgan fingerprint density at radius 3 is 2.74 bits per heavy atom. The van der Waals surface area contributed by atoms with E-state index in [-0.39, 0.29) is 5.91 Å². The van der Waals surface area contributed by atoms with Gasteiger partial charge in [0.1, 0.15) is 5.75 Å². The van der Waals surface area contributed by atoms with E-state index in [1.807, 2.05) is 42.0 Å². The Hall–Kier alpha value is -2.15. The van der Waals surface area contributed by atoms with Crippen molar-refractivity contribution < 1.29 is 9.53 Å². The molecule has 1 N–H and O–H groups in total. The van der Waals surface area contributed by atoms with Gasteiger partial charge in [0.25, 0.3) is 0 Å². The van der Waals surface area contributed by atoms with Crippen LogP contribution in [0.15, 0.2) is 60.0 Å². The number of benzene rings is 2. The number of imidazole rings is 1. The second-order valence-corrected chi connectivity index (χ2v) is 7.83. The van der Waals surface area contributed by atoms with Gasteiger partial charge in [0.15, 0.2) is 5.16 Å². The van der Waals surface area contributed by atoms with Gasteiger partial charge in [0.2, 0.25) is 5.91 Å². The van der Waals surface area contributed by atoms with E-state index in [1.54, 1.807) is 31.5 Å². The highest BCUT2D eigenvalue weighted by atomic mass is 35.5. The first kappa shape index (κ1) is 19.6. The number of halogens is 2. The summed E-state index contributed by atoms with van der Waals surface area (Å²) in [6, 6.07) is 12.5. The maximum atomic E-state index is 12.6. The summed E-state index contributed by atoms with van der Waals surface area (Å²) in [5.74, 6) is 0.367. The molecule has 1 amide bonds. The average molecular weight is 422 g/mol. The van der Waals surface area contributed by atoms with Crippen molar-refractivity contribution in [1.29, 1.82) is 0 Å². The summed E-state index contributed by atoms with van der Waals surface area (Å²) < 4.78 is 7.16. The van der Waals surface area contributed by atoms with E-state index in [0.717, 1.165) is 5.69 Å². The van der Waals surface area contributed by atoms with Crippen molar-refractivity contribution in [2.24, 2.45) is 0 Å². The first-order valence-corrected chi connectivity index (χ1v) is 9.72. The number of nitrogens with one attached hydrogen (secondary N) is 1. The van der Waals surface area contributed by atoms with E-state index in [9.17, 15) is 4.79 Å². The summed E-state index contributed by atoms with van der Waals surface area (Å²) in [5.41, 5.74) is 1.41. The number of aromatic nitrogens is 2. The number of methoxy groups -OCH3 is 1. The quantitative estimate of drug-likeness (QED) is 0.548. The molecule has 1 atom stereocenters. The second kappa shape index (κ2) is 8.69. The minimum atomic E-state index is -0.394. The Kier molecular flexibility index (Phi) is 6.31. The van der Waals surface area contributed by atoms with Gasteiger partial charge in [0.05, 0.1) is 18.0 Å². The third-order valence-corrected chi connectivity index (χ3v) is 5.31. The van der Waals surface area contributed by atoms with Gasteiger partial charge in [-0.15, -0.1) is 0 Å². The minimum Gasteiger partial charge on any atom is -0.495 e. The second-order valence-electron chi connectivity index (χ2n) is 5.65. The Balaban J connectivity index is 1.75. The van der Waals surface area contributed by atoms with Crippen LogP contribution in [0.2, 0.25) is 10.0 Å². The predicted molar refractivity (Wildman–Crippen MR) is 111 cm³/mol. The summed E-state index contributed by atoms with van der Waals surface area (Å²) in [6.45, 7) is 1.81. The summed E-state index contributed by atoms with van der Waals surface area (Å²) in [7, 11) is 1.54. The maximum Gasteiger partial charge on any atom is 0.237 e. The molecule has 1 heterocycles. The molecule has 0 fully saturated rings. The van der Waals surface area contributed by atoms with E-state index >= 15 is 0 Å². The molecule has 0 aliphatic rings. The number of ether oxygens (including phenoxy) is 1. The molecule has 1 unspecified atom stereocenters. The van der Waals surface area contributed by atoms with Crippen LogP contribution in [0.4, 0.5) is 5.69 Å². The number of carbonyl (C=O) groups is 1. The topological polar surface area (TPSA) is 56.1 Å². The van der Waals surface area contributed by atoms with Crippen molar-refractivity contribution in [3.63, 3.8) is 0 Å². The first-order chi connectivity index (χ1) is 13.0. The molecule has 0 spiro atoms. The van der Waals surface area contributed by atoms with Crippen LogP contribution >= 0.6 is 35.0 Å². The maximum absolute atomic E-state index is 12.6. The third-order valence-electron chi connectivity index (χ3n) is 3.76. The van der Waals surface area contributed by atoms with Crippen molar-refractivity contribution in [3.05, 3.63) is 64.9 Å². The van der Waals surface area contributed by atoms with Crippen LogP contribution in [-0.4, -0.2) is 27.8 Å². The van der Waals surface area contributed by atoms with Crippen molar-refractivity contribution >= 4 is 46.6 Å². The molecular formula is C19H17Cl2N3O2S. The Morgan fingerprint density at radius 1 is 1.22 bits per heavy atom. The Morgan fingerprint density at radius 2 is 2.00 bits per heavy atom. The zero-order valence-electron chi connectivity index (χ0n) is 14.6. The number of hydrogen-bond acceptors (Lipinski definition) is 4. The Bertz CT molecular complexity index is 962. The zero-order valence-corrected chi connectivity index (χ0v) is 17.0. The molecule has 5 nitrogen and oxygen atoms in total. The number of nitrogens with zero attached hydrogens (tertiary/aromatic N) is 2. The molecule has 0 radical (unpaired) electrons. The van der Waals surface area contributed by atoms with Crippen LogP contribution in [0, 0.1) is 0 Å². The van der Waals surface area contributed by atoms with Crippen LogP contribution in [0.1, 0.15) is 6.92 Å². The van der Waals surface area contributed by atoms with Crippen LogP contribution < -0.4 is 10.1 Å². The molecule has 0 saturated carbocycles. The number of anilines is 1. The number of thioether (sulfide) groups is 1. The van der Waals surface area contributed by atoms with Crippen LogP contribution in [0.3, 0.4) is 0 Å². The average Bonchev–Trinajstić information content (AvgIpc) is 3.10. The molecular weight excluding hydrogens is 405 g/mol. The highest BCUT2D eigenvalue weighted by Gasteiger charge is 2.19. The lowest BCUT2D eigenvalue weighted by Crippen LogP contribution is -2.23. The van der Waals surface area contributed by atoms with E-state index in [0.29, 0.717) is 26.6 Å². The molecule has 1 aromatic heterocycles. The number of carbonyl (C=O) groups excluding carboxylic acids is 1. The molecule has 0 bridgehead atoms. The molecule has 3 rings (SSSR count). The van der Waals surface area contributed by atoms with Crippen molar-refractivity contribution in [2.45, 2.75) is 17.3 Å². The molecule has 8 heteroatoms. The van der Waals surface area contributed by atoms with Gasteiger partial charge < -0.3 is 10.1 Å². The van der Waals surface area contributed by atoms with Crippen LogP contribution in [-0.2, 0) is 4.79 Å². The SMILES string of the molecule is COc1ccc(Cl)cc1NC(=O)C(C)Sc1nccn1-c1cccc(Cl)c1. The number of hydrogen-bond donors (Lipinski definition) is 1. The first-order valence-electron chi connectivity index (χ1n) is 8.08. The van der Waals surface area contributed by atoms with E-state index in [2.05, 4.69) is 10.3 Å². The lowest BCUT2D eigenvalue weighted by atomic mass is 10.3. The van der Waals surface area contributed by atoms with E-state index < -0.39 is 5.25 Å². The third kappa shape index (κ3) is 4.77. The molecule has 140 valence electrons. The highest BCUT2D eigenvalue weighted by Crippen LogP contribution is 2.30. The monoisotopic (exact) mass is 421 g/mol. The fourth-order valence-corrected chi connectivity index (χ4v) is 3.66. The summed E-state index contributed by atoms with van der Waals surface area (Å²) in [5, 5.41) is 4.31. The summed E-state index contributed by atoms with van der Waals surface area (Å²) >= 11 is 13.4. The van der Waals surface area contributed by atoms with Crippen molar-refractivity contribution in [3.8, 4) is 11.4 Å².